The second-order valence-electron chi connectivity index (χ2n) is 17.1. The van der Waals surface area contributed by atoms with Crippen LogP contribution >= 0.6 is 0 Å². The number of alkyl carbamates (subject to hydrolysis) is 1. The van der Waals surface area contributed by atoms with E-state index in [1.807, 2.05) is 19.1 Å². The van der Waals surface area contributed by atoms with Crippen LogP contribution in [0.1, 0.15) is 92.9 Å². The van der Waals surface area contributed by atoms with Crippen LogP contribution in [0, 0.1) is 23.6 Å². The molecule has 6 rings (SSSR count). The summed E-state index contributed by atoms with van der Waals surface area (Å²) < 4.78 is 59.6. The molecule has 7 atom stereocenters. The first-order chi connectivity index (χ1) is 26.3. The molecule has 2 aliphatic heterocycles. The van der Waals surface area contributed by atoms with Crippen molar-refractivity contribution < 1.29 is 46.2 Å². The predicted molar refractivity (Wildman–Crippen MR) is 206 cm³/mol. The highest BCUT2D eigenvalue weighted by atomic mass is 32.2. The van der Waals surface area contributed by atoms with Crippen LogP contribution in [0.25, 0.3) is 10.8 Å². The van der Waals surface area contributed by atoms with Crippen molar-refractivity contribution in [2.24, 2.45) is 17.8 Å². The molecule has 16 heteroatoms. The molecule has 0 unspecified atom stereocenters. The van der Waals surface area contributed by atoms with E-state index in [0.717, 1.165) is 6.42 Å². The quantitative estimate of drug-likeness (QED) is 0.311. The largest absolute Gasteiger partial charge is 0.494 e. The zero-order chi connectivity index (χ0) is 40.8. The van der Waals surface area contributed by atoms with Crippen molar-refractivity contribution >= 4 is 44.6 Å². The maximum Gasteiger partial charge on any atom is 0.408 e. The lowest BCUT2D eigenvalue weighted by atomic mass is 9.85. The number of nitrogens with zero attached hydrogens (tertiary/aromatic N) is 2. The molecule has 1 saturated heterocycles. The summed E-state index contributed by atoms with van der Waals surface area (Å²) in [5.74, 6) is -3.25. The Balaban J connectivity index is 1.37. The van der Waals surface area contributed by atoms with E-state index in [1.165, 1.54) is 30.3 Å². The number of hydrogen-bond donors (Lipinski definition) is 3. The fourth-order valence-electron chi connectivity index (χ4n) is 7.80. The van der Waals surface area contributed by atoms with E-state index in [1.54, 1.807) is 33.8 Å². The zero-order valence-corrected chi connectivity index (χ0v) is 34.0. The van der Waals surface area contributed by atoms with Crippen molar-refractivity contribution in [2.75, 3.05) is 13.7 Å². The summed E-state index contributed by atoms with van der Waals surface area (Å²) in [6.45, 7) is 10.6. The Hall–Kier alpha value is -4.47. The minimum absolute atomic E-state index is 0.0391. The first kappa shape index (κ1) is 41.2. The highest BCUT2D eigenvalue weighted by Gasteiger charge is 2.63. The van der Waals surface area contributed by atoms with Crippen LogP contribution in [0.15, 0.2) is 36.5 Å². The normalized spacial score (nSPS) is 29.2. The lowest BCUT2D eigenvalue weighted by Crippen LogP contribution is -2.59. The molecule has 4 amide bonds. The van der Waals surface area contributed by atoms with Gasteiger partial charge in [0.15, 0.2) is 11.6 Å². The van der Waals surface area contributed by atoms with Crippen LogP contribution in [-0.2, 0) is 29.1 Å². The summed E-state index contributed by atoms with van der Waals surface area (Å²) in [5, 5.41) is 6.64. The number of sulfonamides is 1. The smallest absolute Gasteiger partial charge is 0.408 e. The van der Waals surface area contributed by atoms with Crippen molar-refractivity contribution in [3.63, 3.8) is 0 Å². The summed E-state index contributed by atoms with van der Waals surface area (Å²) >= 11 is 0. The van der Waals surface area contributed by atoms with Gasteiger partial charge in [0, 0.05) is 23.9 Å². The number of allylic oxidation sites excluding steroid dienone is 1. The van der Waals surface area contributed by atoms with Gasteiger partial charge in [-0.1, -0.05) is 32.4 Å². The standard InChI is InChI=1S/C40H54FN5O9S/c1-8-24-17-23(2)11-9-10-12-26-21-40(26,36(49)45-56(51,52)39(6)14-15-39)44-33(47)30-19-27(22-46(30)35(48)32(24)43-37(50)55-38(3,4)5)54-34-28-20-29(41)31(53-7)18-25(28)13-16-42-34/h10,12-13,16,18,20,23-24,26-27,30,32H,8-9,11,14-15,17,19,21-22H2,1-7H3,(H,43,50)(H,44,47)(H,45,49)/t23-,24-,26-,27-,30+,32+,40-/m1/s1. The lowest BCUT2D eigenvalue weighted by Gasteiger charge is -2.34. The summed E-state index contributed by atoms with van der Waals surface area (Å²) in [5.41, 5.74) is -2.42. The number of carbonyl (C=O) groups excluding carboxylic acids is 4. The first-order valence-corrected chi connectivity index (χ1v) is 20.9. The Bertz CT molecular complexity index is 2020. The third-order valence-corrected chi connectivity index (χ3v) is 13.7. The summed E-state index contributed by atoms with van der Waals surface area (Å²) in [6, 6.07) is 2.15. The second-order valence-corrected chi connectivity index (χ2v) is 19.3. The molecule has 3 N–H and O–H groups in total. The number of aromatic nitrogens is 1. The topological polar surface area (TPSA) is 182 Å². The number of hydrogen-bond acceptors (Lipinski definition) is 10. The van der Waals surface area contributed by atoms with Crippen LogP contribution in [0.2, 0.25) is 0 Å². The highest BCUT2D eigenvalue weighted by molar-refractivity contribution is 7.91. The summed E-state index contributed by atoms with van der Waals surface area (Å²) in [4.78, 5) is 62.4. The molecule has 2 aromatic rings. The minimum atomic E-state index is -4.03. The van der Waals surface area contributed by atoms with Crippen LogP contribution in [-0.4, -0.2) is 89.8 Å². The number of benzene rings is 1. The van der Waals surface area contributed by atoms with Gasteiger partial charge in [-0.2, -0.15) is 0 Å². The van der Waals surface area contributed by atoms with Gasteiger partial charge in [-0.15, -0.1) is 0 Å². The summed E-state index contributed by atoms with van der Waals surface area (Å²) in [7, 11) is -2.67. The molecule has 4 aliphatic rings. The number of amides is 4. The van der Waals surface area contributed by atoms with E-state index in [0.29, 0.717) is 42.9 Å². The molecule has 1 aromatic heterocycles. The fourth-order valence-corrected chi connectivity index (χ4v) is 9.12. The average molecular weight is 800 g/mol. The highest BCUT2D eigenvalue weighted by Crippen LogP contribution is 2.47. The predicted octanol–water partition coefficient (Wildman–Crippen LogP) is 4.90. The van der Waals surface area contributed by atoms with Gasteiger partial charge >= 0.3 is 6.09 Å². The molecule has 0 spiro atoms. The van der Waals surface area contributed by atoms with E-state index >= 15 is 0 Å². The van der Waals surface area contributed by atoms with Crippen LogP contribution < -0.4 is 24.8 Å². The minimum Gasteiger partial charge on any atom is -0.494 e. The van der Waals surface area contributed by atoms with E-state index < -0.39 is 79.6 Å². The Kier molecular flexibility index (Phi) is 11.4. The van der Waals surface area contributed by atoms with Crippen LogP contribution in [0.3, 0.4) is 0 Å². The van der Waals surface area contributed by atoms with Crippen LogP contribution in [0.4, 0.5) is 9.18 Å². The van der Waals surface area contributed by atoms with Crippen LogP contribution in [0.5, 0.6) is 11.6 Å². The van der Waals surface area contributed by atoms with Gasteiger partial charge in [0.25, 0.3) is 5.91 Å². The van der Waals surface area contributed by atoms with Gasteiger partial charge in [0.2, 0.25) is 27.7 Å². The molecule has 0 radical (unpaired) electrons. The third-order valence-electron chi connectivity index (χ3n) is 11.6. The molecular formula is C40H54FN5O9S. The number of ether oxygens (including phenoxy) is 3. The van der Waals surface area contributed by atoms with Gasteiger partial charge in [0.1, 0.15) is 29.3 Å². The van der Waals surface area contributed by atoms with E-state index in [9.17, 15) is 32.0 Å². The van der Waals surface area contributed by atoms with Gasteiger partial charge in [-0.25, -0.2) is 22.6 Å². The molecule has 1 aromatic carbocycles. The van der Waals surface area contributed by atoms with Crippen molar-refractivity contribution in [1.29, 1.82) is 0 Å². The Morgan fingerprint density at radius 1 is 1.16 bits per heavy atom. The Morgan fingerprint density at radius 3 is 2.55 bits per heavy atom. The molecule has 2 saturated carbocycles. The zero-order valence-electron chi connectivity index (χ0n) is 33.1. The third kappa shape index (κ3) is 8.59. The molecular weight excluding hydrogens is 746 g/mol. The Morgan fingerprint density at radius 2 is 1.89 bits per heavy atom. The first-order valence-electron chi connectivity index (χ1n) is 19.4. The number of rotatable bonds is 8. The average Bonchev–Trinajstić information content (AvgIpc) is 4.00. The fraction of sp³-hybridized carbons (Fsp3) is 0.625. The number of methoxy groups -OCH3 is 1. The number of nitrogens with one attached hydrogen (secondary N) is 3. The van der Waals surface area contributed by atoms with E-state index in [-0.39, 0.29) is 42.9 Å². The van der Waals surface area contributed by atoms with Gasteiger partial charge in [-0.3, -0.25) is 19.1 Å². The molecule has 56 heavy (non-hydrogen) atoms. The Labute approximate surface area is 327 Å². The molecule has 0 bridgehead atoms. The van der Waals surface area contributed by atoms with Crippen molar-refractivity contribution in [3.8, 4) is 11.6 Å². The number of halogens is 1. The second kappa shape index (κ2) is 15.5. The van der Waals surface area contributed by atoms with Crippen molar-refractivity contribution in [1.82, 2.24) is 25.2 Å². The lowest BCUT2D eigenvalue weighted by molar-refractivity contribution is -0.142. The van der Waals surface area contributed by atoms with E-state index in [4.69, 9.17) is 14.2 Å². The van der Waals surface area contributed by atoms with Gasteiger partial charge in [0.05, 0.1) is 18.4 Å². The maximum atomic E-state index is 14.9. The SMILES string of the molecule is CC[C@@H]1C[C@H](C)CCC=C[C@@H]2C[C@@]2(C(=O)NS(=O)(=O)C2(C)CC2)NC(=O)[C@@H]2C[C@@H](Oc3nccc4cc(OC)c(F)cc34)CN2C(=O)[C@H]1NC(=O)OC(C)(C)C. The molecule has 14 nitrogen and oxygen atoms in total. The monoisotopic (exact) mass is 799 g/mol. The molecule has 2 aliphatic carbocycles. The number of carbonyl (C=O) groups is 4. The van der Waals surface area contributed by atoms with Gasteiger partial charge < -0.3 is 29.7 Å². The molecule has 306 valence electrons. The maximum absolute atomic E-state index is 14.9. The van der Waals surface area contributed by atoms with Crippen molar-refractivity contribution in [2.45, 2.75) is 127 Å². The molecule has 3 heterocycles. The number of fused-ring (bicyclic) bond motifs is 3. The summed E-state index contributed by atoms with van der Waals surface area (Å²) in [6.07, 6.45) is 7.16. The number of pyridine rings is 1. The molecule has 3 fully saturated rings. The van der Waals surface area contributed by atoms with E-state index in [2.05, 4.69) is 27.3 Å². The van der Waals surface area contributed by atoms with Gasteiger partial charge in [-0.05, 0) is 102 Å². The van der Waals surface area contributed by atoms with Crippen molar-refractivity contribution in [3.05, 3.63) is 42.4 Å².